The van der Waals surface area contributed by atoms with E-state index in [0.29, 0.717) is 5.41 Å². The van der Waals surface area contributed by atoms with Crippen molar-refractivity contribution in [3.63, 3.8) is 0 Å². The van der Waals surface area contributed by atoms with Gasteiger partial charge in [0.05, 0.1) is 0 Å². The maximum Gasteiger partial charge on any atom is 0.000480 e. The normalized spacial score (nSPS) is 33.8. The van der Waals surface area contributed by atoms with Crippen molar-refractivity contribution >= 4 is 0 Å². The van der Waals surface area contributed by atoms with Crippen LogP contribution in [0.1, 0.15) is 71.6 Å². The Hall–Kier alpha value is -0.0400. The Labute approximate surface area is 114 Å². The minimum Gasteiger partial charge on any atom is -0.319 e. The van der Waals surface area contributed by atoms with Crippen LogP contribution < -0.4 is 5.32 Å². The molecular formula is C17H33N. The van der Waals surface area contributed by atoms with Crippen LogP contribution >= 0.6 is 0 Å². The molecule has 2 aliphatic rings. The average Bonchev–Trinajstić information content (AvgIpc) is 2.98. The number of hydrogen-bond acceptors (Lipinski definition) is 1. The van der Waals surface area contributed by atoms with Gasteiger partial charge in [0.15, 0.2) is 0 Å². The van der Waals surface area contributed by atoms with Crippen molar-refractivity contribution in [2.75, 3.05) is 13.6 Å². The number of fused-ring (bicyclic) bond motifs is 2. The first-order valence-corrected chi connectivity index (χ1v) is 8.37. The molecule has 1 heteroatoms. The lowest BCUT2D eigenvalue weighted by Gasteiger charge is -2.38. The minimum atomic E-state index is 0.597. The summed E-state index contributed by atoms with van der Waals surface area (Å²) in [6, 6.07) is 0. The molecule has 0 aromatic heterocycles. The molecular weight excluding hydrogens is 218 g/mol. The van der Waals surface area contributed by atoms with Gasteiger partial charge in [0.2, 0.25) is 0 Å². The van der Waals surface area contributed by atoms with Crippen molar-refractivity contribution in [2.24, 2.45) is 23.2 Å². The predicted molar refractivity (Wildman–Crippen MR) is 79.7 cm³/mol. The van der Waals surface area contributed by atoms with Gasteiger partial charge in [0, 0.05) is 6.54 Å². The second-order valence-electron chi connectivity index (χ2n) is 7.13. The van der Waals surface area contributed by atoms with Crippen molar-refractivity contribution in [3.05, 3.63) is 0 Å². The third-order valence-electron chi connectivity index (χ3n) is 5.94. The molecule has 4 atom stereocenters. The first-order valence-electron chi connectivity index (χ1n) is 8.37. The largest absolute Gasteiger partial charge is 0.319 e. The summed E-state index contributed by atoms with van der Waals surface area (Å²) in [5.74, 6) is 3.27. The Morgan fingerprint density at radius 1 is 1.17 bits per heavy atom. The van der Waals surface area contributed by atoms with Gasteiger partial charge in [0.25, 0.3) is 0 Å². The zero-order valence-corrected chi connectivity index (χ0v) is 12.8. The fourth-order valence-electron chi connectivity index (χ4n) is 4.82. The molecule has 0 aromatic carbocycles. The summed E-state index contributed by atoms with van der Waals surface area (Å²) in [7, 11) is 2.14. The zero-order valence-electron chi connectivity index (χ0n) is 12.8. The van der Waals surface area contributed by atoms with Gasteiger partial charge in [-0.2, -0.15) is 0 Å². The summed E-state index contributed by atoms with van der Waals surface area (Å²) in [6.45, 7) is 5.98. The van der Waals surface area contributed by atoms with Crippen molar-refractivity contribution in [3.8, 4) is 0 Å². The Kier molecular flexibility index (Phi) is 5.12. The number of rotatable bonds is 8. The summed E-state index contributed by atoms with van der Waals surface area (Å²) in [5.41, 5.74) is 0.597. The van der Waals surface area contributed by atoms with Gasteiger partial charge in [-0.3, -0.25) is 0 Å². The highest BCUT2D eigenvalue weighted by Gasteiger charge is 2.42. The van der Waals surface area contributed by atoms with Crippen LogP contribution in [0.3, 0.4) is 0 Å². The van der Waals surface area contributed by atoms with Crippen LogP contribution in [0, 0.1) is 23.2 Å². The standard InChI is InChI=1S/C17H33N/c1-4-6-9-17(5-2,13-18-3)12-16-11-14-7-8-15(16)10-14/h14-16,18H,4-13H2,1-3H3. The third kappa shape index (κ3) is 3.10. The molecule has 0 amide bonds. The van der Waals surface area contributed by atoms with Gasteiger partial charge < -0.3 is 5.32 Å². The Morgan fingerprint density at radius 3 is 2.50 bits per heavy atom. The van der Waals surface area contributed by atoms with Crippen LogP contribution in [0.5, 0.6) is 0 Å². The van der Waals surface area contributed by atoms with E-state index in [-0.39, 0.29) is 0 Å². The minimum absolute atomic E-state index is 0.597. The van der Waals surface area contributed by atoms with Gasteiger partial charge in [-0.25, -0.2) is 0 Å². The highest BCUT2D eigenvalue weighted by molar-refractivity contribution is 4.94. The number of hydrogen-bond donors (Lipinski definition) is 1. The molecule has 0 spiro atoms. The molecule has 2 rings (SSSR count). The first kappa shape index (κ1) is 14.4. The molecule has 106 valence electrons. The highest BCUT2D eigenvalue weighted by Crippen LogP contribution is 2.53. The Bertz CT molecular complexity index is 250. The molecule has 4 unspecified atom stereocenters. The molecule has 0 saturated heterocycles. The summed E-state index contributed by atoms with van der Waals surface area (Å²) >= 11 is 0. The maximum atomic E-state index is 3.49. The van der Waals surface area contributed by atoms with E-state index in [2.05, 4.69) is 26.2 Å². The van der Waals surface area contributed by atoms with Crippen LogP contribution in [0.25, 0.3) is 0 Å². The van der Waals surface area contributed by atoms with Gasteiger partial charge in [-0.05, 0) is 68.7 Å². The van der Waals surface area contributed by atoms with E-state index in [9.17, 15) is 0 Å². The predicted octanol–water partition coefficient (Wildman–Crippen LogP) is 4.62. The lowest BCUT2D eigenvalue weighted by Crippen LogP contribution is -2.35. The van der Waals surface area contributed by atoms with Crippen LogP contribution in [0.2, 0.25) is 0 Å². The topological polar surface area (TPSA) is 12.0 Å². The van der Waals surface area contributed by atoms with Gasteiger partial charge in [-0.15, -0.1) is 0 Å². The molecule has 0 aliphatic heterocycles. The van der Waals surface area contributed by atoms with Crippen LogP contribution in [0.4, 0.5) is 0 Å². The molecule has 2 bridgehead atoms. The molecule has 2 aliphatic carbocycles. The quantitative estimate of drug-likeness (QED) is 0.664. The van der Waals surface area contributed by atoms with E-state index >= 15 is 0 Å². The molecule has 18 heavy (non-hydrogen) atoms. The highest BCUT2D eigenvalue weighted by atomic mass is 14.8. The molecule has 0 radical (unpaired) electrons. The number of nitrogens with one attached hydrogen (secondary N) is 1. The van der Waals surface area contributed by atoms with E-state index < -0.39 is 0 Å². The molecule has 1 nitrogen and oxygen atoms in total. The summed E-state index contributed by atoms with van der Waals surface area (Å²) in [6.07, 6.45) is 13.3. The summed E-state index contributed by atoms with van der Waals surface area (Å²) in [5, 5.41) is 3.49. The van der Waals surface area contributed by atoms with Crippen molar-refractivity contribution in [1.29, 1.82) is 0 Å². The lowest BCUT2D eigenvalue weighted by molar-refractivity contribution is 0.147. The van der Waals surface area contributed by atoms with E-state index in [1.54, 1.807) is 25.7 Å². The van der Waals surface area contributed by atoms with Crippen LogP contribution in [0.15, 0.2) is 0 Å². The molecule has 0 aromatic rings. The Morgan fingerprint density at radius 2 is 2.00 bits per heavy atom. The Balaban J connectivity index is 1.95. The molecule has 2 fully saturated rings. The summed E-state index contributed by atoms with van der Waals surface area (Å²) in [4.78, 5) is 0. The molecule has 2 saturated carbocycles. The molecule has 1 N–H and O–H groups in total. The molecule has 0 heterocycles. The van der Waals surface area contributed by atoms with E-state index in [1.165, 1.54) is 38.6 Å². The maximum absolute atomic E-state index is 3.49. The van der Waals surface area contributed by atoms with Crippen LogP contribution in [-0.2, 0) is 0 Å². The fourth-order valence-corrected chi connectivity index (χ4v) is 4.82. The van der Waals surface area contributed by atoms with Crippen molar-refractivity contribution in [2.45, 2.75) is 71.6 Å². The second-order valence-corrected chi connectivity index (χ2v) is 7.13. The van der Waals surface area contributed by atoms with Gasteiger partial charge in [-0.1, -0.05) is 33.1 Å². The van der Waals surface area contributed by atoms with Crippen molar-refractivity contribution < 1.29 is 0 Å². The average molecular weight is 251 g/mol. The van der Waals surface area contributed by atoms with Crippen LogP contribution in [-0.4, -0.2) is 13.6 Å². The van der Waals surface area contributed by atoms with Gasteiger partial charge >= 0.3 is 0 Å². The fraction of sp³-hybridized carbons (Fsp3) is 1.00. The first-order chi connectivity index (χ1) is 8.73. The van der Waals surface area contributed by atoms with Crippen molar-refractivity contribution in [1.82, 2.24) is 5.32 Å². The summed E-state index contributed by atoms with van der Waals surface area (Å²) < 4.78 is 0. The van der Waals surface area contributed by atoms with E-state index in [1.807, 2.05) is 0 Å². The lowest BCUT2D eigenvalue weighted by atomic mass is 9.70. The van der Waals surface area contributed by atoms with E-state index in [4.69, 9.17) is 0 Å². The smallest absolute Gasteiger partial charge is 0.000480 e. The monoisotopic (exact) mass is 251 g/mol. The van der Waals surface area contributed by atoms with Gasteiger partial charge in [0.1, 0.15) is 0 Å². The third-order valence-corrected chi connectivity index (χ3v) is 5.94. The SMILES string of the molecule is CCCCC(CC)(CNC)CC1CC2CCC1C2. The van der Waals surface area contributed by atoms with E-state index in [0.717, 1.165) is 17.8 Å². The second kappa shape index (κ2) is 6.41. The number of unbranched alkanes of at least 4 members (excludes halogenated alkanes) is 1. The zero-order chi connectivity index (χ0) is 13.0.